The fourth-order valence-corrected chi connectivity index (χ4v) is 4.72. The number of amides is 1. The Kier molecular flexibility index (Phi) is 11.6. The molecule has 7 heteroatoms. The summed E-state index contributed by atoms with van der Waals surface area (Å²) in [5.41, 5.74) is 17.8. The van der Waals surface area contributed by atoms with Crippen LogP contribution in [0.4, 0.5) is 0 Å². The molecule has 0 heterocycles. The number of carbonyl (C=O) groups is 1. The predicted molar refractivity (Wildman–Crippen MR) is 149 cm³/mol. The van der Waals surface area contributed by atoms with Crippen LogP contribution in [0.15, 0.2) is 108 Å². The first-order chi connectivity index (χ1) is 17.6. The monoisotopic (exact) mass is 614 g/mol. The van der Waals surface area contributed by atoms with Crippen LogP contribution in [0.5, 0.6) is 0 Å². The molecule has 198 valence electrons. The van der Waals surface area contributed by atoms with E-state index in [1.807, 2.05) is 60.7 Å². The summed E-state index contributed by atoms with van der Waals surface area (Å²) >= 11 is 0. The van der Waals surface area contributed by atoms with E-state index in [9.17, 15) is 13.2 Å². The van der Waals surface area contributed by atoms with E-state index in [0.717, 1.165) is 11.1 Å². The first-order valence-electron chi connectivity index (χ1n) is 12.1. The van der Waals surface area contributed by atoms with E-state index in [4.69, 9.17) is 11.5 Å². The van der Waals surface area contributed by atoms with Gasteiger partial charge in [-0.3, -0.25) is 0 Å². The molecule has 0 aliphatic carbocycles. The summed E-state index contributed by atoms with van der Waals surface area (Å²) in [5, 5.41) is 0. The zero-order chi connectivity index (χ0) is 27.0. The number of carbonyl (C=O) groups excluding carboxylic acids is 1. The molecule has 0 bridgehead atoms. The SMILES string of the molecule is Cc1ccc(C(C)C)cc1.[NH-]C(=O)c1ccc([S-](=O)=O)c(C(N)(Cc2ccccc2)c2ccccc2)c1.[Ru+2]. The smallest absolute Gasteiger partial charge is 0.664 e. The summed E-state index contributed by atoms with van der Waals surface area (Å²) in [7, 11) is -2.54. The van der Waals surface area contributed by atoms with E-state index >= 15 is 0 Å². The molecule has 0 saturated heterocycles. The molecule has 3 N–H and O–H groups in total. The van der Waals surface area contributed by atoms with Crippen LogP contribution in [0.1, 0.15) is 57.9 Å². The first-order valence-corrected chi connectivity index (χ1v) is 13.1. The standard InChI is InChI=1S/C21H19N2O3S.C10H14.Ru/c22-20(24)16-11-12-19(27(25)26)18(13-16)21(23,17-9-5-2-6-10-17)14-15-7-3-1-4-8-15;1-8(2)10-6-4-9(3)5-7-10;/h1-13H,14,23H2,(H2,22,24);4-8H,1-3H3;/q-1;;+2/p-1. The van der Waals surface area contributed by atoms with Crippen molar-refractivity contribution in [1.29, 1.82) is 0 Å². The van der Waals surface area contributed by atoms with Crippen LogP contribution in [-0.2, 0) is 50.6 Å². The van der Waals surface area contributed by atoms with Crippen LogP contribution in [0.2, 0.25) is 0 Å². The van der Waals surface area contributed by atoms with Gasteiger partial charge < -0.3 is 24.7 Å². The number of benzene rings is 4. The average molecular weight is 614 g/mol. The molecule has 1 unspecified atom stereocenters. The minimum atomic E-state index is -2.54. The Morgan fingerprint density at radius 2 is 1.42 bits per heavy atom. The third kappa shape index (κ3) is 7.94. The molecule has 4 aromatic rings. The molecule has 0 fully saturated rings. The van der Waals surface area contributed by atoms with Gasteiger partial charge in [-0.25, -0.2) is 0 Å². The Morgan fingerprint density at radius 3 is 1.92 bits per heavy atom. The van der Waals surface area contributed by atoms with E-state index in [1.165, 1.54) is 29.3 Å². The molecule has 38 heavy (non-hydrogen) atoms. The van der Waals surface area contributed by atoms with E-state index in [0.29, 0.717) is 17.9 Å². The summed E-state index contributed by atoms with van der Waals surface area (Å²) < 4.78 is 23.7. The fraction of sp³-hybridized carbons (Fsp3) is 0.194. The van der Waals surface area contributed by atoms with Crippen LogP contribution < -0.4 is 5.73 Å². The van der Waals surface area contributed by atoms with Crippen molar-refractivity contribution in [1.82, 2.24) is 0 Å². The molecule has 0 radical (unpaired) electrons. The van der Waals surface area contributed by atoms with Gasteiger partial charge in [-0.05, 0) is 63.9 Å². The van der Waals surface area contributed by atoms with Crippen molar-refractivity contribution in [3.8, 4) is 0 Å². The van der Waals surface area contributed by atoms with Gasteiger partial charge in [-0.2, -0.15) is 0 Å². The molecular formula is C31H32N2O3RuS. The minimum Gasteiger partial charge on any atom is -0.664 e. The van der Waals surface area contributed by atoms with Gasteiger partial charge in [0.1, 0.15) is 0 Å². The van der Waals surface area contributed by atoms with Crippen LogP contribution >= 0.6 is 0 Å². The van der Waals surface area contributed by atoms with Gasteiger partial charge in [0.05, 0.1) is 11.4 Å². The van der Waals surface area contributed by atoms with E-state index in [2.05, 4.69) is 45.0 Å². The maximum atomic E-state index is 11.8. The van der Waals surface area contributed by atoms with Gasteiger partial charge in [-0.15, -0.1) is 0 Å². The second-order valence-electron chi connectivity index (χ2n) is 9.34. The fourth-order valence-electron chi connectivity index (χ4n) is 4.12. The second-order valence-corrected chi connectivity index (χ2v) is 10.2. The largest absolute Gasteiger partial charge is 2.00 e. The van der Waals surface area contributed by atoms with Gasteiger partial charge in [-0.1, -0.05) is 121 Å². The van der Waals surface area contributed by atoms with Gasteiger partial charge >= 0.3 is 19.5 Å². The third-order valence-corrected chi connectivity index (χ3v) is 6.98. The number of nitrogens with two attached hydrogens (primary N) is 1. The van der Waals surface area contributed by atoms with E-state index < -0.39 is 22.2 Å². The maximum absolute atomic E-state index is 11.8. The Labute approximate surface area is 240 Å². The Bertz CT molecular complexity index is 1400. The van der Waals surface area contributed by atoms with Crippen LogP contribution in [0, 0.1) is 6.92 Å². The maximum Gasteiger partial charge on any atom is 2.00 e. The Hall–Kier alpha value is -3.12. The molecule has 1 atom stereocenters. The number of hydrogen-bond acceptors (Lipinski definition) is 5. The van der Waals surface area contributed by atoms with E-state index in [-0.39, 0.29) is 29.9 Å². The summed E-state index contributed by atoms with van der Waals surface area (Å²) in [6.45, 7) is 6.54. The molecule has 0 saturated carbocycles. The topological polar surface area (TPSA) is 101 Å². The molecule has 1 amide bonds. The molecule has 0 aliphatic heterocycles. The zero-order valence-electron chi connectivity index (χ0n) is 21.7. The number of aryl methyl sites for hydroxylation is 1. The predicted octanol–water partition coefficient (Wildman–Crippen LogP) is 7.11. The summed E-state index contributed by atoms with van der Waals surface area (Å²) in [5.74, 6) is -0.241. The van der Waals surface area contributed by atoms with Crippen molar-refractivity contribution >= 4 is 16.6 Å². The minimum absolute atomic E-state index is 0. The average Bonchev–Trinajstić information content (AvgIpc) is 2.90. The quantitative estimate of drug-likeness (QED) is 0.177. The van der Waals surface area contributed by atoms with Crippen LogP contribution in [-0.4, -0.2) is 5.91 Å². The van der Waals surface area contributed by atoms with Crippen molar-refractivity contribution in [2.45, 2.75) is 43.5 Å². The van der Waals surface area contributed by atoms with Gasteiger partial charge in [0, 0.05) is 0 Å². The van der Waals surface area contributed by atoms with Crippen molar-refractivity contribution in [3.05, 3.63) is 142 Å². The number of rotatable bonds is 7. The van der Waals surface area contributed by atoms with Crippen LogP contribution in [0.3, 0.4) is 0 Å². The number of nitrogens with one attached hydrogen (secondary N) is 1. The Morgan fingerprint density at radius 1 is 0.868 bits per heavy atom. The van der Waals surface area contributed by atoms with Crippen molar-refractivity contribution in [2.75, 3.05) is 0 Å². The third-order valence-electron chi connectivity index (χ3n) is 6.26. The van der Waals surface area contributed by atoms with Gasteiger partial charge in [0.15, 0.2) is 0 Å². The summed E-state index contributed by atoms with van der Waals surface area (Å²) in [6.07, 6.45) is 0.331. The molecular weight excluding hydrogens is 581 g/mol. The molecule has 5 nitrogen and oxygen atoms in total. The second kappa shape index (κ2) is 14.2. The normalized spacial score (nSPS) is 12.2. The van der Waals surface area contributed by atoms with E-state index in [1.54, 1.807) is 0 Å². The molecule has 0 aromatic heterocycles. The summed E-state index contributed by atoms with van der Waals surface area (Å²) in [6, 6.07) is 31.4. The molecule has 0 aliphatic rings. The molecule has 4 aromatic carbocycles. The zero-order valence-corrected chi connectivity index (χ0v) is 24.2. The van der Waals surface area contributed by atoms with Gasteiger partial charge in [0.2, 0.25) is 0 Å². The molecule has 0 spiro atoms. The van der Waals surface area contributed by atoms with Gasteiger partial charge in [0.25, 0.3) is 0 Å². The Balaban J connectivity index is 0.000000389. The number of hydrogen-bond donors (Lipinski definition) is 1. The first kappa shape index (κ1) is 31.1. The van der Waals surface area contributed by atoms with Crippen molar-refractivity contribution < 1.29 is 32.7 Å². The van der Waals surface area contributed by atoms with Crippen LogP contribution in [0.25, 0.3) is 5.73 Å². The summed E-state index contributed by atoms with van der Waals surface area (Å²) in [4.78, 5) is 11.6. The molecule has 4 rings (SSSR count). The van der Waals surface area contributed by atoms with Crippen molar-refractivity contribution in [3.63, 3.8) is 0 Å². The van der Waals surface area contributed by atoms with Crippen molar-refractivity contribution in [2.24, 2.45) is 5.73 Å².